The number of rotatable bonds is 16. The highest BCUT2D eigenvalue weighted by Crippen LogP contribution is 2.35. The maximum Gasteiger partial charge on any atom is 0.379 e. The van der Waals surface area contributed by atoms with E-state index < -0.39 is 47.0 Å². The number of unbranched alkanes of at least 4 members (excludes halogenated alkanes) is 2. The Balaban J connectivity index is 2.13. The molecular weight excluding hydrogens is 532 g/mol. The molecule has 13 heteroatoms. The second-order valence-corrected chi connectivity index (χ2v) is 9.04. The molecule has 0 unspecified atom stereocenters. The number of carbonyl (C=O) groups is 4. The predicted molar refractivity (Wildman–Crippen MR) is 139 cm³/mol. The number of ether oxygens (including phenoxy) is 1. The molecule has 40 heavy (non-hydrogen) atoms. The van der Waals surface area contributed by atoms with Crippen molar-refractivity contribution in [2.75, 3.05) is 13.3 Å². The van der Waals surface area contributed by atoms with Crippen molar-refractivity contribution < 1.29 is 47.4 Å². The molecule has 0 saturated heterocycles. The molecule has 0 aliphatic rings. The number of carboxylic acid groups (broad SMARTS) is 1. The van der Waals surface area contributed by atoms with Gasteiger partial charge in [-0.15, -0.1) is 0 Å². The zero-order valence-electron chi connectivity index (χ0n) is 22.6. The van der Waals surface area contributed by atoms with Gasteiger partial charge in [0.25, 0.3) is 5.91 Å². The number of furan rings is 1. The van der Waals surface area contributed by atoms with Crippen molar-refractivity contribution in [1.29, 1.82) is 0 Å². The van der Waals surface area contributed by atoms with Crippen LogP contribution in [0, 0.1) is 11.8 Å². The van der Waals surface area contributed by atoms with Crippen molar-refractivity contribution in [2.45, 2.75) is 58.8 Å². The minimum Gasteiger partial charge on any atom is -0.494 e. The van der Waals surface area contributed by atoms with E-state index in [1.54, 1.807) is 19.3 Å². The summed E-state index contributed by atoms with van der Waals surface area (Å²) >= 11 is 0. The summed E-state index contributed by atoms with van der Waals surface area (Å²) in [5, 5.41) is 23.0. The average molecular weight is 568 g/mol. The molecule has 1 aromatic carbocycles. The molecule has 0 aliphatic carbocycles. The minimum absolute atomic E-state index is 0.00482. The Labute approximate surface area is 230 Å². The van der Waals surface area contributed by atoms with E-state index in [0.717, 1.165) is 25.0 Å². The maximum atomic E-state index is 14.2. The number of amides is 3. The SMILES string of the molecule is CCCCC[C@@H](C(=O)NCNC(=O)c1ccc(-c2cc(OCC)cc(C(F)(F)C(=O)O)c2)o1)[C@@H](CC)C(=O)NO. The number of aliphatic carboxylic acids is 1. The van der Waals surface area contributed by atoms with Crippen LogP contribution in [0.15, 0.2) is 34.7 Å². The summed E-state index contributed by atoms with van der Waals surface area (Å²) in [5.41, 5.74) is 0.848. The molecule has 1 aromatic heterocycles. The average Bonchev–Trinajstić information content (AvgIpc) is 3.43. The highest BCUT2D eigenvalue weighted by molar-refractivity contribution is 5.92. The van der Waals surface area contributed by atoms with E-state index >= 15 is 0 Å². The summed E-state index contributed by atoms with van der Waals surface area (Å²) in [4.78, 5) is 48.6. The molecule has 0 aliphatic heterocycles. The van der Waals surface area contributed by atoms with Crippen molar-refractivity contribution in [3.05, 3.63) is 41.7 Å². The lowest BCUT2D eigenvalue weighted by Crippen LogP contribution is -2.44. The van der Waals surface area contributed by atoms with Crippen LogP contribution >= 0.6 is 0 Å². The summed E-state index contributed by atoms with van der Waals surface area (Å²) in [6, 6.07) is 5.87. The molecule has 0 fully saturated rings. The monoisotopic (exact) mass is 567 g/mol. The predicted octanol–water partition coefficient (Wildman–Crippen LogP) is 4.05. The molecule has 0 bridgehead atoms. The molecule has 220 valence electrons. The molecular formula is C27H35F2N3O8. The topological polar surface area (TPSA) is 167 Å². The maximum absolute atomic E-state index is 14.2. The van der Waals surface area contributed by atoms with E-state index in [1.807, 2.05) is 6.92 Å². The molecule has 1 heterocycles. The fraction of sp³-hybridized carbons (Fsp3) is 0.481. The Morgan fingerprint density at radius 3 is 2.33 bits per heavy atom. The van der Waals surface area contributed by atoms with E-state index in [9.17, 15) is 28.0 Å². The Morgan fingerprint density at radius 1 is 1.00 bits per heavy atom. The van der Waals surface area contributed by atoms with E-state index in [0.29, 0.717) is 19.3 Å². The fourth-order valence-corrected chi connectivity index (χ4v) is 4.21. The zero-order valence-corrected chi connectivity index (χ0v) is 22.6. The first kappa shape index (κ1) is 32.2. The van der Waals surface area contributed by atoms with Crippen molar-refractivity contribution in [3.63, 3.8) is 0 Å². The lowest BCUT2D eigenvalue weighted by molar-refractivity contribution is -0.166. The molecule has 3 amide bonds. The summed E-state index contributed by atoms with van der Waals surface area (Å²) in [6.45, 7) is 5.22. The van der Waals surface area contributed by atoms with Gasteiger partial charge in [0, 0.05) is 17.0 Å². The van der Waals surface area contributed by atoms with Crippen LogP contribution in [-0.2, 0) is 20.3 Å². The van der Waals surface area contributed by atoms with Gasteiger partial charge in [-0.2, -0.15) is 8.78 Å². The van der Waals surface area contributed by atoms with Crippen LogP contribution < -0.4 is 20.9 Å². The van der Waals surface area contributed by atoms with Crippen LogP contribution in [0.2, 0.25) is 0 Å². The van der Waals surface area contributed by atoms with Gasteiger partial charge in [0.15, 0.2) is 5.76 Å². The summed E-state index contributed by atoms with van der Waals surface area (Å²) in [7, 11) is 0. The van der Waals surface area contributed by atoms with E-state index in [-0.39, 0.29) is 36.1 Å². The molecule has 0 saturated carbocycles. The molecule has 5 N–H and O–H groups in total. The van der Waals surface area contributed by atoms with Crippen LogP contribution in [0.4, 0.5) is 8.78 Å². The van der Waals surface area contributed by atoms with E-state index in [2.05, 4.69) is 10.6 Å². The van der Waals surface area contributed by atoms with Crippen LogP contribution in [0.25, 0.3) is 11.3 Å². The van der Waals surface area contributed by atoms with Crippen LogP contribution in [0.3, 0.4) is 0 Å². The lowest BCUT2D eigenvalue weighted by atomic mass is 9.84. The number of hydrogen-bond acceptors (Lipinski definition) is 7. The van der Waals surface area contributed by atoms with Gasteiger partial charge in [0.1, 0.15) is 11.5 Å². The Bertz CT molecular complexity index is 1180. The first-order chi connectivity index (χ1) is 19.0. The van der Waals surface area contributed by atoms with E-state index in [4.69, 9.17) is 19.5 Å². The Morgan fingerprint density at radius 2 is 1.73 bits per heavy atom. The van der Waals surface area contributed by atoms with Gasteiger partial charge >= 0.3 is 11.9 Å². The number of alkyl halides is 2. The molecule has 0 radical (unpaired) electrons. The highest BCUT2D eigenvalue weighted by Gasteiger charge is 2.42. The highest BCUT2D eigenvalue weighted by atomic mass is 19.3. The smallest absolute Gasteiger partial charge is 0.379 e. The van der Waals surface area contributed by atoms with Gasteiger partial charge in [-0.25, -0.2) is 10.3 Å². The first-order valence-electron chi connectivity index (χ1n) is 13.0. The summed E-state index contributed by atoms with van der Waals surface area (Å²) < 4.78 is 39.2. The molecule has 11 nitrogen and oxygen atoms in total. The molecule has 2 atom stereocenters. The second-order valence-electron chi connectivity index (χ2n) is 9.04. The third-order valence-electron chi connectivity index (χ3n) is 6.30. The number of carboxylic acids is 1. The summed E-state index contributed by atoms with van der Waals surface area (Å²) in [6.07, 6.45) is 3.22. The summed E-state index contributed by atoms with van der Waals surface area (Å²) in [5.74, 6) is -10.0. The lowest BCUT2D eigenvalue weighted by Gasteiger charge is -2.24. The largest absolute Gasteiger partial charge is 0.494 e. The quantitative estimate of drug-likeness (QED) is 0.0876. The zero-order chi connectivity index (χ0) is 29.9. The van der Waals surface area contributed by atoms with Crippen LogP contribution in [0.5, 0.6) is 5.75 Å². The van der Waals surface area contributed by atoms with Crippen molar-refractivity contribution >= 4 is 23.7 Å². The van der Waals surface area contributed by atoms with Crippen molar-refractivity contribution in [1.82, 2.24) is 16.1 Å². The minimum atomic E-state index is -4.18. The third kappa shape index (κ3) is 8.25. The Hall–Kier alpha value is -4.00. The third-order valence-corrected chi connectivity index (χ3v) is 6.30. The normalized spacial score (nSPS) is 12.8. The van der Waals surface area contributed by atoms with Crippen LogP contribution in [-0.4, -0.2) is 47.3 Å². The van der Waals surface area contributed by atoms with Gasteiger partial charge in [-0.3, -0.25) is 19.6 Å². The Kier molecular flexibility index (Phi) is 12.1. The first-order valence-corrected chi connectivity index (χ1v) is 13.0. The van der Waals surface area contributed by atoms with Gasteiger partial charge in [0.2, 0.25) is 11.8 Å². The number of nitrogens with one attached hydrogen (secondary N) is 3. The van der Waals surface area contributed by atoms with E-state index in [1.165, 1.54) is 18.2 Å². The molecule has 2 rings (SSSR count). The van der Waals surface area contributed by atoms with Gasteiger partial charge in [-0.05, 0) is 50.1 Å². The van der Waals surface area contributed by atoms with Gasteiger partial charge in [-0.1, -0.05) is 33.1 Å². The van der Waals surface area contributed by atoms with Gasteiger partial charge < -0.3 is 24.9 Å². The molecule has 0 spiro atoms. The number of hydroxylamine groups is 1. The van der Waals surface area contributed by atoms with Crippen molar-refractivity contribution in [2.24, 2.45) is 11.8 Å². The molecule has 2 aromatic rings. The number of carbonyl (C=O) groups excluding carboxylic acids is 3. The van der Waals surface area contributed by atoms with Crippen LogP contribution in [0.1, 0.15) is 69.0 Å². The van der Waals surface area contributed by atoms with Gasteiger partial charge in [0.05, 0.1) is 19.2 Å². The van der Waals surface area contributed by atoms with Crippen molar-refractivity contribution in [3.8, 4) is 17.1 Å². The number of hydrogen-bond donors (Lipinski definition) is 5. The standard InChI is InChI=1S/C27H35F2N3O8/c1-4-7-8-9-20(19(5-2)24(34)32-38)23(33)30-15-31-25(35)22-11-10-21(40-22)16-12-17(27(28,29)26(36)37)14-18(13-16)39-6-3/h10-14,19-20,38H,4-9,15H2,1-3H3,(H,30,33)(H,31,35)(H,32,34)(H,36,37)/t19-,20-/m1/s1. The second kappa shape index (κ2) is 15.0. The number of halogens is 2. The number of benzene rings is 1. The fourth-order valence-electron chi connectivity index (χ4n) is 4.21.